The molecule has 1 aliphatic rings. The number of ether oxygens (including phenoxy) is 4. The van der Waals surface area contributed by atoms with Gasteiger partial charge in [-0.25, -0.2) is 4.79 Å². The van der Waals surface area contributed by atoms with Crippen LogP contribution < -0.4 is 25.0 Å². The van der Waals surface area contributed by atoms with Crippen LogP contribution in [0.15, 0.2) is 57.9 Å². The van der Waals surface area contributed by atoms with Gasteiger partial charge in [0.1, 0.15) is 34.1 Å². The molecule has 1 atom stereocenters. The number of amides is 1. The predicted octanol–water partition coefficient (Wildman–Crippen LogP) is 5.97. The van der Waals surface area contributed by atoms with E-state index < -0.39 is 11.9 Å². The van der Waals surface area contributed by atoms with Crippen molar-refractivity contribution in [1.82, 2.24) is 0 Å². The number of fused-ring (bicyclic) bond motifs is 2. The van der Waals surface area contributed by atoms with E-state index in [2.05, 4.69) is 12.2 Å². The van der Waals surface area contributed by atoms with Crippen molar-refractivity contribution in [2.75, 3.05) is 25.6 Å². The smallest absolute Gasteiger partial charge is 0.341 e. The molecular weight excluding hydrogens is 534 g/mol. The summed E-state index contributed by atoms with van der Waals surface area (Å²) in [5, 5.41) is 3.62. The number of hydrogen-bond donors (Lipinski definition) is 1. The molecule has 1 unspecified atom stereocenters. The van der Waals surface area contributed by atoms with Gasteiger partial charge < -0.3 is 28.7 Å². The van der Waals surface area contributed by atoms with Gasteiger partial charge in [-0.3, -0.25) is 9.59 Å². The van der Waals surface area contributed by atoms with Crippen LogP contribution >= 0.6 is 11.3 Å². The maximum atomic E-state index is 12.9. The summed E-state index contributed by atoms with van der Waals surface area (Å²) in [4.78, 5) is 39.5. The standard InChI is InChI=1S/C30H29NO8S/c1-4-36-30(34)27-22-11-5-17(2)13-25(22)40-29(27)31-26(32)16-37-20-10-12-21-23(14-20)38-15-24(28(21)33)39-19-8-6-18(35-3)7-9-19/h6-10,12,14-15,17H,4-5,11,13,16H2,1-3H3,(H,31,32). The summed E-state index contributed by atoms with van der Waals surface area (Å²) in [7, 11) is 1.57. The zero-order valence-electron chi connectivity index (χ0n) is 22.4. The van der Waals surface area contributed by atoms with Gasteiger partial charge in [-0.05, 0) is 74.1 Å². The Labute approximate surface area is 234 Å². The van der Waals surface area contributed by atoms with Crippen LogP contribution in [-0.2, 0) is 22.4 Å². The van der Waals surface area contributed by atoms with Crippen LogP contribution in [0.5, 0.6) is 23.0 Å². The second kappa shape index (κ2) is 11.8. The molecule has 2 aromatic heterocycles. The highest BCUT2D eigenvalue weighted by atomic mass is 32.1. The van der Waals surface area contributed by atoms with Crippen LogP contribution in [0.1, 0.15) is 41.1 Å². The minimum absolute atomic E-state index is 0.0381. The number of esters is 1. The molecular formula is C30H29NO8S. The van der Waals surface area contributed by atoms with Crippen LogP contribution in [0.4, 0.5) is 5.00 Å². The number of anilines is 1. The van der Waals surface area contributed by atoms with Crippen molar-refractivity contribution >= 4 is 39.2 Å². The highest BCUT2D eigenvalue weighted by Crippen LogP contribution is 2.40. The lowest BCUT2D eigenvalue weighted by Gasteiger charge is -2.18. The van der Waals surface area contributed by atoms with E-state index in [9.17, 15) is 14.4 Å². The first-order chi connectivity index (χ1) is 19.4. The molecule has 0 fully saturated rings. The molecule has 40 heavy (non-hydrogen) atoms. The molecule has 1 aliphatic carbocycles. The Hall–Kier alpha value is -4.31. The largest absolute Gasteiger partial charge is 0.497 e. The lowest BCUT2D eigenvalue weighted by Crippen LogP contribution is -2.21. The van der Waals surface area contributed by atoms with Gasteiger partial charge >= 0.3 is 5.97 Å². The van der Waals surface area contributed by atoms with Gasteiger partial charge in [0, 0.05) is 10.9 Å². The molecule has 0 aliphatic heterocycles. The van der Waals surface area contributed by atoms with E-state index in [-0.39, 0.29) is 30.0 Å². The molecule has 0 bridgehead atoms. The van der Waals surface area contributed by atoms with Crippen molar-refractivity contribution in [1.29, 1.82) is 0 Å². The zero-order valence-corrected chi connectivity index (χ0v) is 23.2. The molecule has 9 nitrogen and oxygen atoms in total. The third-order valence-electron chi connectivity index (χ3n) is 6.62. The quantitative estimate of drug-likeness (QED) is 0.248. The van der Waals surface area contributed by atoms with Crippen molar-refractivity contribution in [2.24, 2.45) is 5.92 Å². The summed E-state index contributed by atoms with van der Waals surface area (Å²) in [6.45, 7) is 3.89. The van der Waals surface area contributed by atoms with E-state index in [1.807, 2.05) is 0 Å². The fourth-order valence-electron chi connectivity index (χ4n) is 4.59. The molecule has 1 amide bonds. The molecule has 10 heteroatoms. The highest BCUT2D eigenvalue weighted by molar-refractivity contribution is 7.17. The maximum absolute atomic E-state index is 12.9. The molecule has 0 saturated heterocycles. The molecule has 2 heterocycles. The Bertz CT molecular complexity index is 1600. The summed E-state index contributed by atoms with van der Waals surface area (Å²) in [5.41, 5.74) is 1.36. The molecule has 1 N–H and O–H groups in total. The Balaban J connectivity index is 1.27. The Morgan fingerprint density at radius 2 is 1.85 bits per heavy atom. The SMILES string of the molecule is CCOC(=O)c1c(NC(=O)COc2ccc3c(=O)c(Oc4ccc(OC)cc4)coc3c2)sc2c1CCC(C)C2. The average Bonchev–Trinajstić information content (AvgIpc) is 3.30. The monoisotopic (exact) mass is 563 g/mol. The van der Waals surface area contributed by atoms with Crippen molar-refractivity contribution in [3.63, 3.8) is 0 Å². The van der Waals surface area contributed by atoms with Crippen molar-refractivity contribution in [3.8, 4) is 23.0 Å². The third kappa shape index (κ3) is 5.81. The predicted molar refractivity (Wildman–Crippen MR) is 151 cm³/mol. The summed E-state index contributed by atoms with van der Waals surface area (Å²) in [6, 6.07) is 11.5. The summed E-state index contributed by atoms with van der Waals surface area (Å²) >= 11 is 1.42. The molecule has 0 radical (unpaired) electrons. The third-order valence-corrected chi connectivity index (χ3v) is 7.79. The summed E-state index contributed by atoms with van der Waals surface area (Å²) in [6.07, 6.45) is 3.87. The Kier molecular flexibility index (Phi) is 8.06. The normalized spacial score (nSPS) is 14.3. The first-order valence-corrected chi connectivity index (χ1v) is 13.8. The van der Waals surface area contributed by atoms with Gasteiger partial charge in [0.05, 0.1) is 24.7 Å². The average molecular weight is 564 g/mol. The van der Waals surface area contributed by atoms with Crippen molar-refractivity contribution < 1.29 is 33.0 Å². The molecule has 4 aromatic rings. The van der Waals surface area contributed by atoms with Crippen LogP contribution in [0, 0.1) is 5.92 Å². The highest BCUT2D eigenvalue weighted by Gasteiger charge is 2.29. The van der Waals surface area contributed by atoms with Crippen LogP contribution in [0.25, 0.3) is 11.0 Å². The van der Waals surface area contributed by atoms with Gasteiger partial charge in [-0.1, -0.05) is 6.92 Å². The minimum atomic E-state index is -0.425. The second-order valence-corrected chi connectivity index (χ2v) is 10.6. The zero-order chi connectivity index (χ0) is 28.2. The molecule has 0 saturated carbocycles. The number of rotatable bonds is 9. The van der Waals surface area contributed by atoms with Gasteiger partial charge in [0.2, 0.25) is 11.2 Å². The van der Waals surface area contributed by atoms with E-state index in [1.54, 1.807) is 50.4 Å². The van der Waals surface area contributed by atoms with E-state index in [4.69, 9.17) is 23.4 Å². The van der Waals surface area contributed by atoms with Gasteiger partial charge in [0.15, 0.2) is 6.61 Å². The molecule has 0 spiro atoms. The molecule has 208 valence electrons. The Morgan fingerprint density at radius 1 is 1.10 bits per heavy atom. The number of thiophene rings is 1. The first-order valence-electron chi connectivity index (χ1n) is 13.0. The number of hydrogen-bond acceptors (Lipinski definition) is 9. The van der Waals surface area contributed by atoms with E-state index in [0.717, 1.165) is 29.7 Å². The fraction of sp³-hybridized carbons (Fsp3) is 0.300. The Morgan fingerprint density at radius 3 is 2.60 bits per heavy atom. The summed E-state index contributed by atoms with van der Waals surface area (Å²) in [5.74, 6) is 1.20. The number of benzene rings is 2. The lowest BCUT2D eigenvalue weighted by molar-refractivity contribution is -0.118. The number of nitrogens with one attached hydrogen (secondary N) is 1. The minimum Gasteiger partial charge on any atom is -0.497 e. The first kappa shape index (κ1) is 27.3. The van der Waals surface area contributed by atoms with Gasteiger partial charge in [-0.15, -0.1) is 11.3 Å². The van der Waals surface area contributed by atoms with E-state index in [0.29, 0.717) is 39.1 Å². The van der Waals surface area contributed by atoms with E-state index >= 15 is 0 Å². The summed E-state index contributed by atoms with van der Waals surface area (Å²) < 4.78 is 27.4. The second-order valence-electron chi connectivity index (χ2n) is 9.48. The van der Waals surface area contributed by atoms with Crippen molar-refractivity contribution in [3.05, 3.63) is 75.0 Å². The maximum Gasteiger partial charge on any atom is 0.341 e. The number of carbonyl (C=O) groups excluding carboxylic acids is 2. The van der Waals surface area contributed by atoms with Crippen LogP contribution in [0.3, 0.4) is 0 Å². The topological polar surface area (TPSA) is 113 Å². The van der Waals surface area contributed by atoms with Gasteiger partial charge in [0.25, 0.3) is 5.91 Å². The molecule has 5 rings (SSSR count). The van der Waals surface area contributed by atoms with Crippen molar-refractivity contribution in [2.45, 2.75) is 33.1 Å². The van der Waals surface area contributed by atoms with Crippen LogP contribution in [0.2, 0.25) is 0 Å². The lowest BCUT2D eigenvalue weighted by atomic mass is 9.88. The van der Waals surface area contributed by atoms with E-state index in [1.165, 1.54) is 23.7 Å². The van der Waals surface area contributed by atoms with Gasteiger partial charge in [-0.2, -0.15) is 0 Å². The molecule has 2 aromatic carbocycles. The fourth-order valence-corrected chi connectivity index (χ4v) is 6.01. The number of methoxy groups -OCH3 is 1. The van der Waals surface area contributed by atoms with Crippen LogP contribution in [-0.4, -0.2) is 32.2 Å². The number of carbonyl (C=O) groups is 2.